The molecule has 9 nitrogen and oxygen atoms in total. The lowest BCUT2D eigenvalue weighted by Gasteiger charge is -2.21. The van der Waals surface area contributed by atoms with E-state index in [0.29, 0.717) is 29.5 Å². The fourth-order valence-corrected chi connectivity index (χ4v) is 3.38. The van der Waals surface area contributed by atoms with Gasteiger partial charge in [-0.1, -0.05) is 12.1 Å². The first-order valence-electron chi connectivity index (χ1n) is 9.39. The highest BCUT2D eigenvalue weighted by molar-refractivity contribution is 5.87. The molecule has 30 heavy (non-hydrogen) atoms. The molecular formula is C21H22N2O7. The van der Waals surface area contributed by atoms with E-state index in [-0.39, 0.29) is 25.9 Å². The zero-order chi connectivity index (χ0) is 21.1. The summed E-state index contributed by atoms with van der Waals surface area (Å²) >= 11 is 0. The third-order valence-electron chi connectivity index (χ3n) is 4.98. The molecule has 0 unspecified atom stereocenters. The van der Waals surface area contributed by atoms with Crippen molar-refractivity contribution in [1.29, 1.82) is 0 Å². The lowest BCUT2D eigenvalue weighted by atomic mass is 10.1. The molecule has 2 heterocycles. The van der Waals surface area contributed by atoms with Crippen LogP contribution in [-0.4, -0.2) is 50.6 Å². The number of hydrogen-bond acceptors (Lipinski definition) is 7. The van der Waals surface area contributed by atoms with Gasteiger partial charge in [-0.2, -0.15) is 0 Å². The van der Waals surface area contributed by atoms with Gasteiger partial charge in [-0.15, -0.1) is 0 Å². The molecule has 1 N–H and O–H groups in total. The van der Waals surface area contributed by atoms with E-state index in [1.54, 1.807) is 25.3 Å². The SMILES string of the molecule is COc1ccc(CN2C(=O)OC[C@H]2C(=O)NCc2ccc3c(c2)OCO3)cc1OC. The number of amides is 2. The number of hydrogen-bond donors (Lipinski definition) is 1. The van der Waals surface area contributed by atoms with Crippen molar-refractivity contribution in [3.8, 4) is 23.0 Å². The molecular weight excluding hydrogens is 392 g/mol. The maximum absolute atomic E-state index is 12.7. The number of carbonyl (C=O) groups is 2. The molecule has 2 aromatic rings. The van der Waals surface area contributed by atoms with Crippen molar-refractivity contribution in [2.75, 3.05) is 27.6 Å². The molecule has 0 aromatic heterocycles. The summed E-state index contributed by atoms with van der Waals surface area (Å²) in [6.45, 7) is 0.697. The summed E-state index contributed by atoms with van der Waals surface area (Å²) in [4.78, 5) is 26.3. The van der Waals surface area contributed by atoms with E-state index < -0.39 is 12.1 Å². The Morgan fingerprint density at radius 2 is 1.80 bits per heavy atom. The molecule has 0 bridgehead atoms. The number of nitrogens with one attached hydrogen (secondary N) is 1. The molecule has 2 aromatic carbocycles. The molecule has 0 aliphatic carbocycles. The van der Waals surface area contributed by atoms with Gasteiger partial charge in [0.2, 0.25) is 12.7 Å². The smallest absolute Gasteiger partial charge is 0.410 e. The number of fused-ring (bicyclic) bond motifs is 1. The van der Waals surface area contributed by atoms with Gasteiger partial charge in [-0.3, -0.25) is 9.69 Å². The zero-order valence-corrected chi connectivity index (χ0v) is 16.7. The number of methoxy groups -OCH3 is 2. The number of benzene rings is 2. The Morgan fingerprint density at radius 3 is 2.60 bits per heavy atom. The van der Waals surface area contributed by atoms with Crippen molar-refractivity contribution in [2.24, 2.45) is 0 Å². The van der Waals surface area contributed by atoms with Gasteiger partial charge in [0, 0.05) is 6.54 Å². The average Bonchev–Trinajstić information content (AvgIpc) is 3.38. The van der Waals surface area contributed by atoms with Gasteiger partial charge in [-0.05, 0) is 35.4 Å². The van der Waals surface area contributed by atoms with E-state index in [4.69, 9.17) is 23.7 Å². The van der Waals surface area contributed by atoms with Crippen molar-refractivity contribution in [2.45, 2.75) is 19.1 Å². The molecule has 0 radical (unpaired) electrons. The molecule has 2 aliphatic rings. The minimum Gasteiger partial charge on any atom is -0.493 e. The highest BCUT2D eigenvalue weighted by atomic mass is 16.7. The predicted octanol–water partition coefficient (Wildman–Crippen LogP) is 2.07. The second-order valence-corrected chi connectivity index (χ2v) is 6.82. The quantitative estimate of drug-likeness (QED) is 0.741. The van der Waals surface area contributed by atoms with Crippen LogP contribution in [0.3, 0.4) is 0 Å². The molecule has 1 atom stereocenters. The van der Waals surface area contributed by atoms with Crippen LogP contribution in [0.2, 0.25) is 0 Å². The summed E-state index contributed by atoms with van der Waals surface area (Å²) < 4.78 is 26.3. The highest BCUT2D eigenvalue weighted by Crippen LogP contribution is 2.32. The predicted molar refractivity (Wildman–Crippen MR) is 105 cm³/mol. The Bertz CT molecular complexity index is 962. The van der Waals surface area contributed by atoms with Crippen LogP contribution in [0.1, 0.15) is 11.1 Å². The van der Waals surface area contributed by atoms with E-state index in [1.807, 2.05) is 18.2 Å². The first-order valence-corrected chi connectivity index (χ1v) is 9.39. The van der Waals surface area contributed by atoms with E-state index in [0.717, 1.165) is 11.1 Å². The monoisotopic (exact) mass is 414 g/mol. The standard InChI is InChI=1S/C21H22N2O7/c1-26-16-5-4-14(8-18(16)27-2)10-23-15(11-28-21(23)25)20(24)22-9-13-3-6-17-19(7-13)30-12-29-17/h3-8,15H,9-12H2,1-2H3,(H,22,24)/t15-/m0/s1. The van der Waals surface area contributed by atoms with Crippen molar-refractivity contribution in [3.05, 3.63) is 47.5 Å². The normalized spacial score (nSPS) is 16.9. The summed E-state index contributed by atoms with van der Waals surface area (Å²) in [5.41, 5.74) is 1.66. The van der Waals surface area contributed by atoms with Crippen LogP contribution in [0, 0.1) is 0 Å². The molecule has 9 heteroatoms. The Labute approximate surface area is 173 Å². The molecule has 0 spiro atoms. The fraction of sp³-hybridized carbons (Fsp3) is 0.333. The second kappa shape index (κ2) is 8.40. The van der Waals surface area contributed by atoms with Gasteiger partial charge in [0.1, 0.15) is 12.6 Å². The van der Waals surface area contributed by atoms with Gasteiger partial charge < -0.3 is 29.0 Å². The molecule has 4 rings (SSSR count). The lowest BCUT2D eigenvalue weighted by molar-refractivity contribution is -0.125. The Hall–Kier alpha value is -3.62. The fourth-order valence-electron chi connectivity index (χ4n) is 3.38. The summed E-state index contributed by atoms with van der Waals surface area (Å²) in [5, 5.41) is 2.86. The van der Waals surface area contributed by atoms with E-state index in [2.05, 4.69) is 5.32 Å². The Kier molecular flexibility index (Phi) is 5.51. The third-order valence-corrected chi connectivity index (χ3v) is 4.98. The van der Waals surface area contributed by atoms with Crippen LogP contribution in [0.4, 0.5) is 4.79 Å². The summed E-state index contributed by atoms with van der Waals surface area (Å²) in [6.07, 6.45) is -0.534. The van der Waals surface area contributed by atoms with Crippen molar-refractivity contribution < 1.29 is 33.3 Å². The zero-order valence-electron chi connectivity index (χ0n) is 16.7. The van der Waals surface area contributed by atoms with Gasteiger partial charge in [-0.25, -0.2) is 4.79 Å². The number of ether oxygens (including phenoxy) is 5. The minimum absolute atomic E-state index is 0.000898. The van der Waals surface area contributed by atoms with Gasteiger partial charge >= 0.3 is 6.09 Å². The highest BCUT2D eigenvalue weighted by Gasteiger charge is 2.38. The Balaban J connectivity index is 1.41. The van der Waals surface area contributed by atoms with Crippen LogP contribution in [0.15, 0.2) is 36.4 Å². The van der Waals surface area contributed by atoms with E-state index in [9.17, 15) is 9.59 Å². The van der Waals surface area contributed by atoms with Gasteiger partial charge in [0.05, 0.1) is 20.8 Å². The third kappa shape index (κ3) is 3.91. The molecule has 2 amide bonds. The topological polar surface area (TPSA) is 95.6 Å². The maximum atomic E-state index is 12.7. The van der Waals surface area contributed by atoms with E-state index in [1.165, 1.54) is 12.0 Å². The summed E-state index contributed by atoms with van der Waals surface area (Å²) in [7, 11) is 3.09. The average molecular weight is 414 g/mol. The molecule has 0 saturated carbocycles. The van der Waals surface area contributed by atoms with Crippen LogP contribution in [0.5, 0.6) is 23.0 Å². The summed E-state index contributed by atoms with van der Waals surface area (Å²) in [5.74, 6) is 2.17. The van der Waals surface area contributed by atoms with Crippen LogP contribution < -0.4 is 24.3 Å². The van der Waals surface area contributed by atoms with Gasteiger partial charge in [0.25, 0.3) is 0 Å². The molecule has 2 aliphatic heterocycles. The number of nitrogens with zero attached hydrogens (tertiary/aromatic N) is 1. The second-order valence-electron chi connectivity index (χ2n) is 6.82. The first-order chi connectivity index (χ1) is 14.6. The Morgan fingerprint density at radius 1 is 1.03 bits per heavy atom. The maximum Gasteiger partial charge on any atom is 0.410 e. The molecule has 158 valence electrons. The van der Waals surface area contributed by atoms with Gasteiger partial charge in [0.15, 0.2) is 23.0 Å². The van der Waals surface area contributed by atoms with Crippen LogP contribution >= 0.6 is 0 Å². The van der Waals surface area contributed by atoms with Crippen molar-refractivity contribution in [3.63, 3.8) is 0 Å². The number of rotatable bonds is 7. The molecule has 1 saturated heterocycles. The van der Waals surface area contributed by atoms with E-state index >= 15 is 0 Å². The lowest BCUT2D eigenvalue weighted by Crippen LogP contribution is -2.45. The van der Waals surface area contributed by atoms with Crippen molar-refractivity contribution in [1.82, 2.24) is 10.2 Å². The number of carbonyl (C=O) groups excluding carboxylic acids is 2. The molecule has 1 fully saturated rings. The minimum atomic E-state index is -0.723. The first kappa shape index (κ1) is 19.7. The van der Waals surface area contributed by atoms with Crippen LogP contribution in [0.25, 0.3) is 0 Å². The summed E-state index contributed by atoms with van der Waals surface area (Å²) in [6, 6.07) is 10.1. The van der Waals surface area contributed by atoms with Crippen molar-refractivity contribution >= 4 is 12.0 Å². The largest absolute Gasteiger partial charge is 0.493 e. The number of cyclic esters (lactones) is 1. The van der Waals surface area contributed by atoms with Crippen LogP contribution in [-0.2, 0) is 22.6 Å².